The zero-order valence-electron chi connectivity index (χ0n) is 12.5. The number of ether oxygens (including phenoxy) is 4. The number of rotatable bonds is 5. The first-order valence-corrected chi connectivity index (χ1v) is 6.79. The SMILES string of the molecule is COc1ccc(/C=C/C(=O)OCC2COC(C)(C)O2)cc1. The highest BCUT2D eigenvalue weighted by atomic mass is 16.7. The van der Waals surface area contributed by atoms with E-state index in [-0.39, 0.29) is 12.7 Å². The monoisotopic (exact) mass is 292 g/mol. The number of carbonyl (C=O) groups excluding carboxylic acids is 1. The summed E-state index contributed by atoms with van der Waals surface area (Å²) < 4.78 is 21.1. The van der Waals surface area contributed by atoms with Crippen molar-refractivity contribution in [2.45, 2.75) is 25.7 Å². The van der Waals surface area contributed by atoms with E-state index in [2.05, 4.69) is 0 Å². The summed E-state index contributed by atoms with van der Waals surface area (Å²) in [6.45, 7) is 4.29. The van der Waals surface area contributed by atoms with Crippen LogP contribution < -0.4 is 4.74 Å². The number of esters is 1. The van der Waals surface area contributed by atoms with Crippen molar-refractivity contribution in [2.75, 3.05) is 20.3 Å². The molecule has 5 heteroatoms. The Labute approximate surface area is 124 Å². The summed E-state index contributed by atoms with van der Waals surface area (Å²) in [4.78, 5) is 11.6. The lowest BCUT2D eigenvalue weighted by Gasteiger charge is -2.16. The summed E-state index contributed by atoms with van der Waals surface area (Å²) in [5.74, 6) is -0.231. The van der Waals surface area contributed by atoms with Crippen molar-refractivity contribution in [3.63, 3.8) is 0 Å². The van der Waals surface area contributed by atoms with Gasteiger partial charge in [0.2, 0.25) is 0 Å². The second kappa shape index (κ2) is 6.74. The van der Waals surface area contributed by atoms with Crippen molar-refractivity contribution in [2.24, 2.45) is 0 Å². The van der Waals surface area contributed by atoms with Gasteiger partial charge in [-0.2, -0.15) is 0 Å². The molecular weight excluding hydrogens is 272 g/mol. The van der Waals surface area contributed by atoms with Crippen LogP contribution in [0.5, 0.6) is 5.75 Å². The Hall–Kier alpha value is -1.85. The van der Waals surface area contributed by atoms with Crippen LogP contribution >= 0.6 is 0 Å². The van der Waals surface area contributed by atoms with Crippen molar-refractivity contribution in [3.8, 4) is 5.75 Å². The van der Waals surface area contributed by atoms with Gasteiger partial charge in [-0.05, 0) is 37.6 Å². The minimum absolute atomic E-state index is 0.190. The van der Waals surface area contributed by atoms with E-state index in [4.69, 9.17) is 18.9 Å². The van der Waals surface area contributed by atoms with Gasteiger partial charge in [-0.25, -0.2) is 4.79 Å². The Bertz CT molecular complexity index is 504. The van der Waals surface area contributed by atoms with Crippen LogP contribution in [0.25, 0.3) is 6.08 Å². The Balaban J connectivity index is 1.77. The molecule has 0 bridgehead atoms. The van der Waals surface area contributed by atoms with Crippen LogP contribution in [0.3, 0.4) is 0 Å². The molecule has 1 atom stereocenters. The Morgan fingerprint density at radius 3 is 2.67 bits per heavy atom. The molecule has 0 N–H and O–H groups in total. The molecule has 1 aliphatic rings. The summed E-state index contributed by atoms with van der Waals surface area (Å²) >= 11 is 0. The van der Waals surface area contributed by atoms with Gasteiger partial charge in [-0.3, -0.25) is 0 Å². The van der Waals surface area contributed by atoms with Crippen molar-refractivity contribution in [1.29, 1.82) is 0 Å². The molecule has 0 amide bonds. The predicted molar refractivity (Wildman–Crippen MR) is 77.9 cm³/mol. The summed E-state index contributed by atoms with van der Waals surface area (Å²) in [6, 6.07) is 7.38. The van der Waals surface area contributed by atoms with Gasteiger partial charge in [0.25, 0.3) is 0 Å². The van der Waals surface area contributed by atoms with Gasteiger partial charge in [0.15, 0.2) is 5.79 Å². The quantitative estimate of drug-likeness (QED) is 0.616. The third-order valence-corrected chi connectivity index (χ3v) is 3.01. The summed E-state index contributed by atoms with van der Waals surface area (Å²) in [6.07, 6.45) is 2.87. The standard InChI is InChI=1S/C16H20O5/c1-16(2)20-11-14(21-16)10-19-15(17)9-6-12-4-7-13(18-3)8-5-12/h4-9,14H,10-11H2,1-3H3/b9-6+. The second-order valence-corrected chi connectivity index (χ2v) is 5.19. The molecule has 1 unspecified atom stereocenters. The van der Waals surface area contributed by atoms with E-state index in [1.165, 1.54) is 6.08 Å². The highest BCUT2D eigenvalue weighted by Gasteiger charge is 2.33. The topological polar surface area (TPSA) is 54.0 Å². The molecular formula is C16H20O5. The van der Waals surface area contributed by atoms with E-state index in [0.717, 1.165) is 11.3 Å². The van der Waals surface area contributed by atoms with E-state index < -0.39 is 11.8 Å². The average Bonchev–Trinajstić information content (AvgIpc) is 2.83. The smallest absolute Gasteiger partial charge is 0.330 e. The predicted octanol–water partition coefficient (Wildman–Crippen LogP) is 2.40. The van der Waals surface area contributed by atoms with Crippen LogP contribution in [0, 0.1) is 0 Å². The molecule has 0 aliphatic carbocycles. The van der Waals surface area contributed by atoms with Crippen molar-refractivity contribution < 1.29 is 23.7 Å². The van der Waals surface area contributed by atoms with Gasteiger partial charge in [0, 0.05) is 6.08 Å². The third-order valence-electron chi connectivity index (χ3n) is 3.01. The number of carbonyl (C=O) groups is 1. The first kappa shape index (κ1) is 15.5. The van der Waals surface area contributed by atoms with E-state index >= 15 is 0 Å². The zero-order chi connectivity index (χ0) is 15.3. The van der Waals surface area contributed by atoms with E-state index in [1.807, 2.05) is 38.1 Å². The highest BCUT2D eigenvalue weighted by molar-refractivity contribution is 5.87. The molecule has 5 nitrogen and oxygen atoms in total. The average molecular weight is 292 g/mol. The van der Waals surface area contributed by atoms with Crippen LogP contribution in [-0.2, 0) is 19.0 Å². The number of benzene rings is 1. The Kier molecular flexibility index (Phi) is 4.98. The molecule has 0 spiro atoms. The van der Waals surface area contributed by atoms with E-state index in [0.29, 0.717) is 6.61 Å². The Morgan fingerprint density at radius 2 is 2.10 bits per heavy atom. The molecule has 2 rings (SSSR count). The molecule has 1 aromatic rings. The van der Waals surface area contributed by atoms with Crippen LogP contribution in [0.1, 0.15) is 19.4 Å². The van der Waals surface area contributed by atoms with Crippen LogP contribution in [0.4, 0.5) is 0 Å². The molecule has 1 aliphatic heterocycles. The van der Waals surface area contributed by atoms with Gasteiger partial charge in [-0.15, -0.1) is 0 Å². The minimum Gasteiger partial charge on any atom is -0.497 e. The summed E-state index contributed by atoms with van der Waals surface area (Å²) in [5, 5.41) is 0. The van der Waals surface area contributed by atoms with Crippen LogP contribution in [0.2, 0.25) is 0 Å². The van der Waals surface area contributed by atoms with Crippen molar-refractivity contribution >= 4 is 12.0 Å². The van der Waals surface area contributed by atoms with Gasteiger partial charge in [0.05, 0.1) is 13.7 Å². The summed E-state index contributed by atoms with van der Waals surface area (Å²) in [7, 11) is 1.61. The normalized spacial score (nSPS) is 20.6. The highest BCUT2D eigenvalue weighted by Crippen LogP contribution is 2.22. The minimum atomic E-state index is -0.601. The molecule has 0 saturated carbocycles. The lowest BCUT2D eigenvalue weighted by molar-refractivity contribution is -0.154. The fourth-order valence-electron chi connectivity index (χ4n) is 1.95. The fraction of sp³-hybridized carbons (Fsp3) is 0.438. The number of hydrogen-bond acceptors (Lipinski definition) is 5. The lowest BCUT2D eigenvalue weighted by Crippen LogP contribution is -2.24. The van der Waals surface area contributed by atoms with Crippen LogP contribution in [-0.4, -0.2) is 38.2 Å². The maximum atomic E-state index is 11.6. The number of hydrogen-bond donors (Lipinski definition) is 0. The van der Waals surface area contributed by atoms with Gasteiger partial charge >= 0.3 is 5.97 Å². The molecule has 114 valence electrons. The van der Waals surface area contributed by atoms with Gasteiger partial charge in [-0.1, -0.05) is 12.1 Å². The number of methoxy groups -OCH3 is 1. The van der Waals surface area contributed by atoms with Crippen molar-refractivity contribution in [1.82, 2.24) is 0 Å². The van der Waals surface area contributed by atoms with Gasteiger partial charge < -0.3 is 18.9 Å². The third kappa shape index (κ3) is 4.88. The molecule has 1 fully saturated rings. The van der Waals surface area contributed by atoms with Crippen molar-refractivity contribution in [3.05, 3.63) is 35.9 Å². The molecule has 1 heterocycles. The van der Waals surface area contributed by atoms with Crippen LogP contribution in [0.15, 0.2) is 30.3 Å². The maximum absolute atomic E-state index is 11.6. The molecule has 0 radical (unpaired) electrons. The Morgan fingerprint density at radius 1 is 1.38 bits per heavy atom. The van der Waals surface area contributed by atoms with E-state index in [9.17, 15) is 4.79 Å². The summed E-state index contributed by atoms with van der Waals surface area (Å²) in [5.41, 5.74) is 0.898. The molecule has 1 saturated heterocycles. The van der Waals surface area contributed by atoms with E-state index in [1.54, 1.807) is 13.2 Å². The maximum Gasteiger partial charge on any atom is 0.330 e. The first-order chi connectivity index (χ1) is 9.98. The molecule has 0 aromatic heterocycles. The largest absolute Gasteiger partial charge is 0.497 e. The molecule has 1 aromatic carbocycles. The fourth-order valence-corrected chi connectivity index (χ4v) is 1.95. The van der Waals surface area contributed by atoms with Gasteiger partial charge in [0.1, 0.15) is 18.5 Å². The zero-order valence-corrected chi connectivity index (χ0v) is 12.5. The second-order valence-electron chi connectivity index (χ2n) is 5.19. The first-order valence-electron chi connectivity index (χ1n) is 6.79. The lowest BCUT2D eigenvalue weighted by atomic mass is 10.2. The molecule has 21 heavy (non-hydrogen) atoms.